The molecule has 0 bridgehead atoms. The van der Waals surface area contributed by atoms with Crippen LogP contribution in [0.1, 0.15) is 40.6 Å². The molecule has 1 saturated heterocycles. The summed E-state index contributed by atoms with van der Waals surface area (Å²) in [6, 6.07) is 11.4. The fourth-order valence-electron chi connectivity index (χ4n) is 4.15. The van der Waals surface area contributed by atoms with Crippen LogP contribution in [-0.4, -0.2) is 51.5 Å². The Balaban J connectivity index is 1.67. The van der Waals surface area contributed by atoms with Crippen molar-refractivity contribution in [1.29, 1.82) is 0 Å². The Hall–Kier alpha value is -2.77. The van der Waals surface area contributed by atoms with E-state index in [1.165, 1.54) is 0 Å². The van der Waals surface area contributed by atoms with Crippen LogP contribution in [0.5, 0.6) is 17.2 Å². The zero-order chi connectivity index (χ0) is 21.1. The molecular formula is C23H27NO6. The summed E-state index contributed by atoms with van der Waals surface area (Å²) in [4.78, 5) is 14.6. The molecule has 0 amide bonds. The lowest BCUT2D eigenvalue weighted by atomic mass is 10.1. The molecule has 7 nitrogen and oxygen atoms in total. The molecule has 0 N–H and O–H groups in total. The van der Waals surface area contributed by atoms with Gasteiger partial charge in [0.2, 0.25) is 5.75 Å². The van der Waals surface area contributed by atoms with Crippen molar-refractivity contribution in [2.24, 2.45) is 0 Å². The second-order valence-electron chi connectivity index (χ2n) is 7.44. The number of benzene rings is 2. The summed E-state index contributed by atoms with van der Waals surface area (Å²) in [6.07, 6.45) is 1.69. The Morgan fingerprint density at radius 1 is 1.07 bits per heavy atom. The SMILES string of the molecule is COc1cc(CN(CC2CCCO2)C2OC(=O)c3ccccc32)cc(OC)c1OC. The molecule has 0 spiro atoms. The van der Waals surface area contributed by atoms with Crippen molar-refractivity contribution >= 4 is 5.97 Å². The highest BCUT2D eigenvalue weighted by atomic mass is 16.6. The van der Waals surface area contributed by atoms with Gasteiger partial charge >= 0.3 is 5.97 Å². The molecule has 0 aromatic heterocycles. The van der Waals surface area contributed by atoms with Gasteiger partial charge in [-0.25, -0.2) is 4.79 Å². The van der Waals surface area contributed by atoms with Crippen molar-refractivity contribution < 1.29 is 28.5 Å². The molecular weight excluding hydrogens is 386 g/mol. The molecule has 2 heterocycles. The van der Waals surface area contributed by atoms with Crippen LogP contribution in [0, 0.1) is 0 Å². The smallest absolute Gasteiger partial charge is 0.340 e. The summed E-state index contributed by atoms with van der Waals surface area (Å²) in [6.45, 7) is 1.95. The van der Waals surface area contributed by atoms with E-state index < -0.39 is 6.23 Å². The van der Waals surface area contributed by atoms with Crippen LogP contribution >= 0.6 is 0 Å². The van der Waals surface area contributed by atoms with Gasteiger partial charge in [0.25, 0.3) is 0 Å². The van der Waals surface area contributed by atoms with Gasteiger partial charge in [0.15, 0.2) is 17.7 Å². The molecule has 4 rings (SSSR count). The molecule has 7 heteroatoms. The van der Waals surface area contributed by atoms with Gasteiger partial charge in [-0.3, -0.25) is 4.90 Å². The topological polar surface area (TPSA) is 66.5 Å². The van der Waals surface area contributed by atoms with Gasteiger partial charge in [-0.15, -0.1) is 0 Å². The second-order valence-corrected chi connectivity index (χ2v) is 7.44. The molecule has 1 fully saturated rings. The molecule has 2 atom stereocenters. The molecule has 2 aromatic carbocycles. The first-order chi connectivity index (χ1) is 14.6. The quantitative estimate of drug-likeness (QED) is 0.613. The maximum Gasteiger partial charge on any atom is 0.340 e. The van der Waals surface area contributed by atoms with Crippen molar-refractivity contribution in [3.63, 3.8) is 0 Å². The number of rotatable bonds is 8. The Bertz CT molecular complexity index is 883. The lowest BCUT2D eigenvalue weighted by Gasteiger charge is -2.30. The summed E-state index contributed by atoms with van der Waals surface area (Å²) in [7, 11) is 4.78. The number of ether oxygens (including phenoxy) is 5. The minimum atomic E-state index is -0.461. The van der Waals surface area contributed by atoms with E-state index >= 15 is 0 Å². The number of nitrogens with zero attached hydrogens (tertiary/aromatic N) is 1. The van der Waals surface area contributed by atoms with Gasteiger partial charge in [0, 0.05) is 25.3 Å². The molecule has 0 aliphatic carbocycles. The van der Waals surface area contributed by atoms with Crippen molar-refractivity contribution in [2.75, 3.05) is 34.5 Å². The highest BCUT2D eigenvalue weighted by molar-refractivity contribution is 5.93. The zero-order valence-corrected chi connectivity index (χ0v) is 17.6. The number of esters is 1. The normalized spacial score (nSPS) is 20.2. The number of methoxy groups -OCH3 is 3. The van der Waals surface area contributed by atoms with Crippen LogP contribution in [-0.2, 0) is 16.0 Å². The van der Waals surface area contributed by atoms with Gasteiger partial charge < -0.3 is 23.7 Å². The summed E-state index contributed by atoms with van der Waals surface area (Å²) in [5, 5.41) is 0. The zero-order valence-electron chi connectivity index (χ0n) is 17.6. The van der Waals surface area contributed by atoms with Crippen LogP contribution in [0.15, 0.2) is 36.4 Å². The average Bonchev–Trinajstić information content (AvgIpc) is 3.40. The third-order valence-electron chi connectivity index (χ3n) is 5.57. The van der Waals surface area contributed by atoms with E-state index in [1.54, 1.807) is 27.4 Å². The minimum Gasteiger partial charge on any atom is -0.493 e. The fraction of sp³-hybridized carbons (Fsp3) is 0.435. The van der Waals surface area contributed by atoms with Crippen LogP contribution in [0.25, 0.3) is 0 Å². The molecule has 2 aliphatic heterocycles. The number of carbonyl (C=O) groups excluding carboxylic acids is 1. The van der Waals surface area contributed by atoms with Crippen molar-refractivity contribution in [1.82, 2.24) is 4.90 Å². The Kier molecular flexibility index (Phi) is 6.11. The van der Waals surface area contributed by atoms with E-state index in [4.69, 9.17) is 23.7 Å². The highest BCUT2D eigenvalue weighted by Gasteiger charge is 2.36. The predicted octanol–water partition coefficient (Wildman–Crippen LogP) is 3.56. The summed E-state index contributed by atoms with van der Waals surface area (Å²) < 4.78 is 28.1. The number of hydrogen-bond acceptors (Lipinski definition) is 7. The molecule has 2 aromatic rings. The first kappa shape index (κ1) is 20.5. The van der Waals surface area contributed by atoms with Gasteiger partial charge in [-0.1, -0.05) is 18.2 Å². The largest absolute Gasteiger partial charge is 0.493 e. The van der Waals surface area contributed by atoms with Crippen LogP contribution in [0.2, 0.25) is 0 Å². The van der Waals surface area contributed by atoms with E-state index in [0.29, 0.717) is 35.9 Å². The Morgan fingerprint density at radius 3 is 2.43 bits per heavy atom. The molecule has 2 aliphatic rings. The lowest BCUT2D eigenvalue weighted by Crippen LogP contribution is -2.35. The average molecular weight is 413 g/mol. The Morgan fingerprint density at radius 2 is 1.80 bits per heavy atom. The van der Waals surface area contributed by atoms with Crippen LogP contribution < -0.4 is 14.2 Å². The Labute approximate surface area is 176 Å². The summed E-state index contributed by atoms with van der Waals surface area (Å²) >= 11 is 0. The standard InChI is InChI=1S/C23H27NO6/c1-26-19-11-15(12-20(27-2)21(19)28-3)13-24(14-16-7-6-10-29-16)22-17-8-4-5-9-18(17)23(25)30-22/h4-5,8-9,11-12,16,22H,6-7,10,13-14H2,1-3H3. The maximum absolute atomic E-state index is 12.4. The summed E-state index contributed by atoms with van der Waals surface area (Å²) in [5.74, 6) is 1.44. The fourth-order valence-corrected chi connectivity index (χ4v) is 4.15. The van der Waals surface area contributed by atoms with Crippen molar-refractivity contribution in [3.05, 3.63) is 53.1 Å². The molecule has 30 heavy (non-hydrogen) atoms. The molecule has 2 unspecified atom stereocenters. The number of cyclic esters (lactones) is 1. The van der Waals surface area contributed by atoms with E-state index in [-0.39, 0.29) is 12.1 Å². The second kappa shape index (κ2) is 8.93. The highest BCUT2D eigenvalue weighted by Crippen LogP contribution is 2.40. The number of fused-ring (bicyclic) bond motifs is 1. The maximum atomic E-state index is 12.4. The van der Waals surface area contributed by atoms with Crippen molar-refractivity contribution in [2.45, 2.75) is 31.7 Å². The third kappa shape index (κ3) is 3.95. The summed E-state index contributed by atoms with van der Waals surface area (Å²) in [5.41, 5.74) is 2.46. The first-order valence-corrected chi connectivity index (χ1v) is 10.1. The molecule has 160 valence electrons. The van der Waals surface area contributed by atoms with E-state index in [0.717, 1.165) is 30.6 Å². The van der Waals surface area contributed by atoms with Crippen LogP contribution in [0.3, 0.4) is 0 Å². The van der Waals surface area contributed by atoms with Gasteiger partial charge in [0.05, 0.1) is 33.0 Å². The van der Waals surface area contributed by atoms with Gasteiger partial charge in [-0.05, 0) is 36.6 Å². The number of carbonyl (C=O) groups is 1. The minimum absolute atomic E-state index is 0.110. The van der Waals surface area contributed by atoms with Crippen LogP contribution in [0.4, 0.5) is 0 Å². The predicted molar refractivity (Wildman–Crippen MR) is 110 cm³/mol. The monoisotopic (exact) mass is 413 g/mol. The molecule has 0 saturated carbocycles. The number of hydrogen-bond donors (Lipinski definition) is 0. The third-order valence-corrected chi connectivity index (χ3v) is 5.57. The van der Waals surface area contributed by atoms with E-state index in [2.05, 4.69) is 4.90 Å². The molecule has 0 radical (unpaired) electrons. The first-order valence-electron chi connectivity index (χ1n) is 10.1. The van der Waals surface area contributed by atoms with E-state index in [9.17, 15) is 4.79 Å². The van der Waals surface area contributed by atoms with E-state index in [1.807, 2.05) is 30.3 Å². The van der Waals surface area contributed by atoms with Gasteiger partial charge in [-0.2, -0.15) is 0 Å². The lowest BCUT2D eigenvalue weighted by molar-refractivity contribution is -0.0467. The van der Waals surface area contributed by atoms with Crippen molar-refractivity contribution in [3.8, 4) is 17.2 Å². The van der Waals surface area contributed by atoms with Gasteiger partial charge in [0.1, 0.15) is 0 Å².